The minimum Gasteiger partial charge on any atom is -0.368 e. The first-order valence-corrected chi connectivity index (χ1v) is 12.6. The second kappa shape index (κ2) is 8.52. The van der Waals surface area contributed by atoms with Gasteiger partial charge in [0.05, 0.1) is 0 Å². The molecule has 2 aliphatic heterocycles. The van der Waals surface area contributed by atoms with Crippen molar-refractivity contribution in [2.75, 3.05) is 32.7 Å². The molecule has 0 radical (unpaired) electrons. The van der Waals surface area contributed by atoms with E-state index in [1.165, 1.54) is 12.8 Å². The maximum atomic E-state index is 13.5. The number of amides is 4. The van der Waals surface area contributed by atoms with Gasteiger partial charge in [-0.1, -0.05) is 55.8 Å². The summed E-state index contributed by atoms with van der Waals surface area (Å²) in [5.74, 6) is 0.571. The molecule has 0 aromatic heterocycles. The molecule has 34 heavy (non-hydrogen) atoms. The molecular weight excluding hydrogens is 428 g/mol. The Hall–Kier alpha value is -2.67. The third-order valence-corrected chi connectivity index (χ3v) is 9.07. The molecule has 6 rings (SSSR count). The number of benzene rings is 1. The fraction of sp³-hybridized carbons (Fsp3) is 0.593. The lowest BCUT2D eigenvalue weighted by molar-refractivity contribution is -0.137. The molecule has 1 saturated carbocycles. The molecule has 3 aliphatic carbocycles. The van der Waals surface area contributed by atoms with E-state index in [0.717, 1.165) is 36.0 Å². The van der Waals surface area contributed by atoms with E-state index < -0.39 is 11.4 Å². The monoisotopic (exact) mass is 464 g/mol. The van der Waals surface area contributed by atoms with Gasteiger partial charge in [-0.15, -0.1) is 0 Å². The third-order valence-electron chi connectivity index (χ3n) is 9.07. The van der Waals surface area contributed by atoms with Crippen LogP contribution in [0.1, 0.15) is 45.1 Å². The number of likely N-dealkylation sites (tertiary alicyclic amines) is 1. The maximum absolute atomic E-state index is 13.5. The van der Waals surface area contributed by atoms with Crippen LogP contribution in [0.5, 0.6) is 0 Å². The van der Waals surface area contributed by atoms with E-state index in [2.05, 4.69) is 24.8 Å². The van der Waals surface area contributed by atoms with Crippen molar-refractivity contribution in [3.05, 3.63) is 47.5 Å². The Balaban J connectivity index is 1.30. The van der Waals surface area contributed by atoms with Gasteiger partial charge in [0, 0.05) is 26.2 Å². The van der Waals surface area contributed by atoms with Crippen LogP contribution < -0.4 is 5.73 Å². The lowest BCUT2D eigenvalue weighted by atomic mass is 9.49. The van der Waals surface area contributed by atoms with Gasteiger partial charge in [0.25, 0.3) is 5.91 Å². The molecule has 2 atom stereocenters. The smallest absolute Gasteiger partial charge is 0.328 e. The van der Waals surface area contributed by atoms with E-state index in [-0.39, 0.29) is 18.5 Å². The molecule has 2 bridgehead atoms. The molecule has 2 heterocycles. The molecule has 4 amide bonds. The second-order valence-electron chi connectivity index (χ2n) is 11.2. The maximum Gasteiger partial charge on any atom is 0.328 e. The van der Waals surface area contributed by atoms with Crippen LogP contribution in [0.15, 0.2) is 42.0 Å². The number of fused-ring (bicyclic) bond motifs is 1. The number of urea groups is 1. The minimum absolute atomic E-state index is 0.260. The second-order valence-corrected chi connectivity index (χ2v) is 11.2. The van der Waals surface area contributed by atoms with Gasteiger partial charge in [-0.25, -0.2) is 4.79 Å². The topological polar surface area (TPSA) is 87.0 Å². The highest BCUT2D eigenvalue weighted by molar-refractivity contribution is 6.09. The van der Waals surface area contributed by atoms with Crippen LogP contribution in [0.3, 0.4) is 0 Å². The number of hydrogen-bond acceptors (Lipinski definition) is 4. The van der Waals surface area contributed by atoms with E-state index in [0.29, 0.717) is 37.1 Å². The highest BCUT2D eigenvalue weighted by Gasteiger charge is 2.58. The molecule has 2 N–H and O–H groups in total. The summed E-state index contributed by atoms with van der Waals surface area (Å²) >= 11 is 0. The van der Waals surface area contributed by atoms with Gasteiger partial charge in [0.1, 0.15) is 12.1 Å². The van der Waals surface area contributed by atoms with Crippen LogP contribution in [0.2, 0.25) is 0 Å². The van der Waals surface area contributed by atoms with Gasteiger partial charge in [0.2, 0.25) is 5.91 Å². The number of hydrogen-bond donors (Lipinski definition) is 1. The average molecular weight is 465 g/mol. The summed E-state index contributed by atoms with van der Waals surface area (Å²) in [5, 5.41) is 0. The number of imide groups is 1. The van der Waals surface area contributed by atoms with Crippen molar-refractivity contribution >= 4 is 17.8 Å². The van der Waals surface area contributed by atoms with Crippen LogP contribution in [-0.4, -0.2) is 70.8 Å². The molecule has 7 heteroatoms. The zero-order valence-corrected chi connectivity index (χ0v) is 20.3. The molecule has 2 saturated heterocycles. The Morgan fingerprint density at radius 3 is 2.44 bits per heavy atom. The zero-order chi connectivity index (χ0) is 24.1. The highest BCUT2D eigenvalue weighted by Crippen LogP contribution is 2.59. The summed E-state index contributed by atoms with van der Waals surface area (Å²) < 4.78 is 0. The van der Waals surface area contributed by atoms with Crippen LogP contribution in [-0.2, 0) is 16.0 Å². The molecule has 3 fully saturated rings. The summed E-state index contributed by atoms with van der Waals surface area (Å²) in [7, 11) is 0. The molecule has 5 aliphatic rings. The minimum atomic E-state index is -0.875. The number of carbonyl (C=O) groups excluding carboxylic acids is 3. The summed E-state index contributed by atoms with van der Waals surface area (Å²) in [5.41, 5.74) is 7.57. The van der Waals surface area contributed by atoms with Gasteiger partial charge >= 0.3 is 6.03 Å². The van der Waals surface area contributed by atoms with E-state index in [1.807, 2.05) is 30.3 Å². The van der Waals surface area contributed by atoms with Gasteiger partial charge in [-0.2, -0.15) is 0 Å². The van der Waals surface area contributed by atoms with Crippen molar-refractivity contribution in [3.8, 4) is 0 Å². The largest absolute Gasteiger partial charge is 0.368 e. The van der Waals surface area contributed by atoms with Crippen molar-refractivity contribution in [2.24, 2.45) is 23.0 Å². The Bertz CT molecular complexity index is 1010. The van der Waals surface area contributed by atoms with Gasteiger partial charge in [0.15, 0.2) is 0 Å². The van der Waals surface area contributed by atoms with Crippen molar-refractivity contribution in [3.63, 3.8) is 0 Å². The van der Waals surface area contributed by atoms with Crippen LogP contribution in [0, 0.1) is 17.3 Å². The first-order valence-electron chi connectivity index (χ1n) is 12.6. The van der Waals surface area contributed by atoms with Crippen molar-refractivity contribution in [1.82, 2.24) is 14.7 Å². The van der Waals surface area contributed by atoms with Gasteiger partial charge in [-0.05, 0) is 54.9 Å². The van der Waals surface area contributed by atoms with Crippen molar-refractivity contribution < 1.29 is 14.4 Å². The Labute approximate surface area is 201 Å². The fourth-order valence-corrected chi connectivity index (χ4v) is 6.75. The Morgan fingerprint density at radius 1 is 1.12 bits per heavy atom. The molecule has 0 unspecified atom stereocenters. The number of rotatable bonds is 7. The fourth-order valence-electron chi connectivity index (χ4n) is 6.75. The van der Waals surface area contributed by atoms with Crippen molar-refractivity contribution in [2.45, 2.75) is 51.5 Å². The van der Waals surface area contributed by atoms with Crippen LogP contribution in [0.4, 0.5) is 4.79 Å². The lowest BCUT2D eigenvalue weighted by Gasteiger charge is -2.57. The van der Waals surface area contributed by atoms with Crippen LogP contribution >= 0.6 is 0 Å². The first kappa shape index (κ1) is 23.1. The van der Waals surface area contributed by atoms with E-state index >= 15 is 0 Å². The molecule has 1 aromatic carbocycles. The first-order chi connectivity index (χ1) is 16.2. The summed E-state index contributed by atoms with van der Waals surface area (Å²) in [6.07, 6.45) is 6.77. The summed E-state index contributed by atoms with van der Waals surface area (Å²) in [6, 6.07) is 9.60. The number of nitrogens with zero attached hydrogens (tertiary/aromatic N) is 3. The van der Waals surface area contributed by atoms with E-state index in [9.17, 15) is 14.4 Å². The summed E-state index contributed by atoms with van der Waals surface area (Å²) in [6.45, 7) is 7.37. The summed E-state index contributed by atoms with van der Waals surface area (Å²) in [4.78, 5) is 43.6. The predicted molar refractivity (Wildman–Crippen MR) is 130 cm³/mol. The molecule has 7 nitrogen and oxygen atoms in total. The Morgan fingerprint density at radius 2 is 1.82 bits per heavy atom. The van der Waals surface area contributed by atoms with Gasteiger partial charge < -0.3 is 10.6 Å². The average Bonchev–Trinajstić information content (AvgIpc) is 3.00. The van der Waals surface area contributed by atoms with E-state index in [4.69, 9.17) is 5.73 Å². The third kappa shape index (κ3) is 3.74. The number of allylic oxidation sites excluding steroid dienone is 1. The highest BCUT2D eigenvalue weighted by atomic mass is 16.2. The zero-order valence-electron chi connectivity index (χ0n) is 20.3. The van der Waals surface area contributed by atoms with E-state index in [1.54, 1.807) is 10.5 Å². The number of primary amides is 1. The van der Waals surface area contributed by atoms with Crippen molar-refractivity contribution in [1.29, 1.82) is 0 Å². The number of nitrogens with two attached hydrogens (primary N) is 1. The standard InChI is InChI=1S/C27H36N4O3/c1-26(2)21-9-8-20(22(26)16-21)17-29-14-11-27(12-15-29)24(33)30(18-23(28)32)25(34)31(27)13-10-19-6-4-3-5-7-19/h3-8,21-22H,9-18H2,1-2H3,(H2,28,32)/t21-,22-/m0/s1. The quantitative estimate of drug-likeness (QED) is 0.497. The van der Waals surface area contributed by atoms with Crippen LogP contribution in [0.25, 0.3) is 0 Å². The van der Waals surface area contributed by atoms with Gasteiger partial charge in [-0.3, -0.25) is 19.4 Å². The SMILES string of the molecule is CC1(C)[C@H]2CC=C(CN3CCC4(CC3)C(=O)N(CC(N)=O)C(=O)N4CCc3ccccc3)[C@@H]1C2. The normalized spacial score (nSPS) is 27.6. The number of carbonyl (C=O) groups is 3. The predicted octanol–water partition coefficient (Wildman–Crippen LogP) is 2.81. The molecular formula is C27H36N4O3. The molecule has 182 valence electrons. The lowest BCUT2D eigenvalue weighted by Crippen LogP contribution is -2.57. The number of piperidine rings is 1. The Kier molecular flexibility index (Phi) is 5.79. The molecule has 1 spiro atoms. The molecule has 1 aromatic rings.